The van der Waals surface area contributed by atoms with E-state index in [4.69, 9.17) is 4.74 Å². The quantitative estimate of drug-likeness (QED) is 0.223. The predicted octanol–water partition coefficient (Wildman–Crippen LogP) is 4.11. The number of hydrogen-bond donors (Lipinski definition) is 0. The van der Waals surface area contributed by atoms with Crippen LogP contribution in [0.1, 0.15) is 56.6 Å². The molecule has 2 aliphatic carbocycles. The maximum absolute atomic E-state index is 14.6. The molecule has 12 nitrogen and oxygen atoms in total. The van der Waals surface area contributed by atoms with Crippen molar-refractivity contribution in [2.75, 3.05) is 73.1 Å². The van der Waals surface area contributed by atoms with Crippen LogP contribution in [0.15, 0.2) is 70.4 Å². The zero-order valence-corrected chi connectivity index (χ0v) is 32.5. The molecule has 13 heteroatoms. The number of aromatic nitrogens is 3. The van der Waals surface area contributed by atoms with Gasteiger partial charge in [0.05, 0.1) is 42.6 Å². The molecule has 4 heterocycles. The summed E-state index contributed by atoms with van der Waals surface area (Å²) in [6.07, 6.45) is 6.01. The van der Waals surface area contributed by atoms with E-state index in [2.05, 4.69) is 39.0 Å². The van der Waals surface area contributed by atoms with Crippen LogP contribution in [0.4, 0.5) is 4.39 Å². The van der Waals surface area contributed by atoms with Crippen molar-refractivity contribution in [1.29, 1.82) is 0 Å². The number of pyridine rings is 1. The van der Waals surface area contributed by atoms with Crippen molar-refractivity contribution in [3.63, 3.8) is 0 Å². The number of rotatable bonds is 11. The lowest BCUT2D eigenvalue weighted by molar-refractivity contribution is -0.137. The SMILES string of the molecule is CN(C)C1(C(=O)CC2CCC(n3c(=O)c4cc(F)cnc4n(-c4cccc(-c5ccc(CN6CCN(CC(=O)N7CCOCC7)CC6)cc5)c4)c3=O)CC2)CC1. The van der Waals surface area contributed by atoms with Gasteiger partial charge in [0.25, 0.3) is 5.56 Å². The second-order valence-electron chi connectivity index (χ2n) is 16.3. The standard InChI is InChI=1S/C43H52FN7O5/c1-46(2)43(14-15-43)38(52)24-30-8-12-35(13-9-30)51-41(54)37-26-34(44)27-45-40(37)50(42(51)55)36-5-3-4-33(25-36)32-10-6-31(7-11-32)28-47-16-18-48(19-17-47)29-39(53)49-20-22-56-23-21-49/h3-7,10-11,25-27,30,35H,8-9,12-24,28-29H2,1-2H3. The molecule has 0 N–H and O–H groups in total. The molecule has 2 saturated heterocycles. The van der Waals surface area contributed by atoms with Gasteiger partial charge in [0.2, 0.25) is 5.91 Å². The number of fused-ring (bicyclic) bond motifs is 1. The molecule has 4 fully saturated rings. The smallest absolute Gasteiger partial charge is 0.337 e. The first-order valence-electron chi connectivity index (χ1n) is 20.1. The Kier molecular flexibility index (Phi) is 11.0. The van der Waals surface area contributed by atoms with Gasteiger partial charge in [0.1, 0.15) is 5.82 Å². The molecule has 2 aromatic carbocycles. The van der Waals surface area contributed by atoms with Crippen LogP contribution in [-0.2, 0) is 20.9 Å². The minimum atomic E-state index is -0.641. The summed E-state index contributed by atoms with van der Waals surface area (Å²) in [6, 6.07) is 16.8. The Bertz CT molecular complexity index is 2190. The molecule has 2 aliphatic heterocycles. The minimum absolute atomic E-state index is 0.0582. The van der Waals surface area contributed by atoms with E-state index >= 15 is 0 Å². The van der Waals surface area contributed by atoms with E-state index in [0.717, 1.165) is 75.7 Å². The van der Waals surface area contributed by atoms with E-state index in [-0.39, 0.29) is 40.2 Å². The average Bonchev–Trinajstić information content (AvgIpc) is 4.04. The lowest BCUT2D eigenvalue weighted by Gasteiger charge is -2.36. The van der Waals surface area contributed by atoms with Gasteiger partial charge in [-0.05, 0) is 93.4 Å². The summed E-state index contributed by atoms with van der Waals surface area (Å²) in [6.45, 7) is 7.32. The van der Waals surface area contributed by atoms with Gasteiger partial charge in [-0.3, -0.25) is 33.7 Å². The highest BCUT2D eigenvalue weighted by Crippen LogP contribution is 2.44. The van der Waals surface area contributed by atoms with Gasteiger partial charge >= 0.3 is 5.69 Å². The second-order valence-corrected chi connectivity index (χ2v) is 16.3. The third kappa shape index (κ3) is 7.87. The van der Waals surface area contributed by atoms with Crippen molar-refractivity contribution >= 4 is 22.7 Å². The van der Waals surface area contributed by atoms with Crippen LogP contribution in [0.2, 0.25) is 0 Å². The number of hydrogen-bond acceptors (Lipinski definition) is 9. The van der Waals surface area contributed by atoms with Crippen LogP contribution >= 0.6 is 0 Å². The van der Waals surface area contributed by atoms with Gasteiger partial charge in [-0.15, -0.1) is 0 Å². The Morgan fingerprint density at radius 2 is 1.57 bits per heavy atom. The maximum Gasteiger partial charge on any atom is 0.337 e. The molecule has 2 aromatic heterocycles. The third-order valence-electron chi connectivity index (χ3n) is 12.6. The molecule has 0 spiro atoms. The number of ketones is 1. The molecule has 2 saturated carbocycles. The first kappa shape index (κ1) is 38.3. The molecule has 0 atom stereocenters. The Morgan fingerprint density at radius 1 is 0.875 bits per heavy atom. The maximum atomic E-state index is 14.6. The summed E-state index contributed by atoms with van der Waals surface area (Å²) in [7, 11) is 3.93. The van der Waals surface area contributed by atoms with Crippen molar-refractivity contribution in [2.45, 2.75) is 63.1 Å². The van der Waals surface area contributed by atoms with E-state index in [1.165, 1.54) is 20.8 Å². The van der Waals surface area contributed by atoms with Gasteiger partial charge in [-0.1, -0.05) is 36.4 Å². The fraction of sp³-hybridized carbons (Fsp3) is 0.512. The van der Waals surface area contributed by atoms with Crippen LogP contribution in [0.3, 0.4) is 0 Å². The molecule has 0 bridgehead atoms. The summed E-state index contributed by atoms with van der Waals surface area (Å²) in [5.74, 6) is 0.0415. The van der Waals surface area contributed by atoms with Crippen LogP contribution in [0.5, 0.6) is 0 Å². The molecular weight excluding hydrogens is 714 g/mol. The Balaban J connectivity index is 0.964. The van der Waals surface area contributed by atoms with E-state index < -0.39 is 17.1 Å². The zero-order valence-electron chi connectivity index (χ0n) is 32.5. The molecule has 296 valence electrons. The van der Waals surface area contributed by atoms with Gasteiger partial charge in [0, 0.05) is 58.3 Å². The van der Waals surface area contributed by atoms with Crippen LogP contribution in [0.25, 0.3) is 27.8 Å². The molecule has 1 amide bonds. The Labute approximate surface area is 326 Å². The zero-order chi connectivity index (χ0) is 39.0. The number of piperazine rings is 1. The number of carbonyl (C=O) groups is 2. The lowest BCUT2D eigenvalue weighted by Crippen LogP contribution is -2.51. The summed E-state index contributed by atoms with van der Waals surface area (Å²) in [5, 5.41) is 0.0582. The fourth-order valence-corrected chi connectivity index (χ4v) is 8.99. The van der Waals surface area contributed by atoms with Crippen LogP contribution in [-0.4, -0.2) is 124 Å². The number of nitrogens with zero attached hydrogens (tertiary/aromatic N) is 7. The van der Waals surface area contributed by atoms with Crippen molar-refractivity contribution in [3.8, 4) is 16.8 Å². The highest BCUT2D eigenvalue weighted by Gasteiger charge is 2.51. The monoisotopic (exact) mass is 765 g/mol. The molecule has 0 radical (unpaired) electrons. The van der Waals surface area contributed by atoms with E-state index in [1.807, 2.05) is 48.2 Å². The van der Waals surface area contributed by atoms with E-state index in [0.29, 0.717) is 57.8 Å². The largest absolute Gasteiger partial charge is 0.378 e. The molecule has 56 heavy (non-hydrogen) atoms. The summed E-state index contributed by atoms with van der Waals surface area (Å²) >= 11 is 0. The predicted molar refractivity (Wildman–Crippen MR) is 212 cm³/mol. The number of ether oxygens (including phenoxy) is 1. The summed E-state index contributed by atoms with van der Waals surface area (Å²) in [5.41, 5.74) is 2.36. The normalized spacial score (nSPS) is 21.8. The molecular formula is C43H52FN7O5. The van der Waals surface area contributed by atoms with E-state index in [1.54, 1.807) is 0 Å². The number of Topliss-reactive ketones (excluding diaryl/α,β-unsaturated/α-hetero) is 1. The van der Waals surface area contributed by atoms with Gasteiger partial charge in [-0.2, -0.15) is 0 Å². The van der Waals surface area contributed by atoms with Crippen molar-refractivity contribution in [2.24, 2.45) is 5.92 Å². The van der Waals surface area contributed by atoms with Gasteiger partial charge in [0.15, 0.2) is 11.4 Å². The number of likely N-dealkylation sites (N-methyl/N-ethyl adjacent to an activating group) is 1. The number of amides is 1. The summed E-state index contributed by atoms with van der Waals surface area (Å²) < 4.78 is 22.7. The molecule has 0 unspecified atom stereocenters. The highest BCUT2D eigenvalue weighted by atomic mass is 19.1. The fourth-order valence-electron chi connectivity index (χ4n) is 8.99. The van der Waals surface area contributed by atoms with Crippen LogP contribution in [0, 0.1) is 11.7 Å². The highest BCUT2D eigenvalue weighted by molar-refractivity contribution is 5.91. The number of benzene rings is 2. The van der Waals surface area contributed by atoms with Gasteiger partial charge < -0.3 is 9.64 Å². The van der Waals surface area contributed by atoms with Gasteiger partial charge in [-0.25, -0.2) is 18.7 Å². The van der Waals surface area contributed by atoms with Crippen molar-refractivity contribution in [3.05, 3.63) is 93.0 Å². The van der Waals surface area contributed by atoms with Crippen molar-refractivity contribution in [1.82, 2.24) is 33.7 Å². The molecule has 4 aliphatic rings. The van der Waals surface area contributed by atoms with E-state index in [9.17, 15) is 23.6 Å². The number of halogens is 1. The number of morpholine rings is 1. The summed E-state index contributed by atoms with van der Waals surface area (Å²) in [4.78, 5) is 67.0. The number of carbonyl (C=O) groups excluding carboxylic acids is 2. The van der Waals surface area contributed by atoms with Crippen LogP contribution < -0.4 is 11.2 Å². The second kappa shape index (κ2) is 16.1. The minimum Gasteiger partial charge on any atom is -0.378 e. The Morgan fingerprint density at radius 3 is 2.25 bits per heavy atom. The third-order valence-corrected chi connectivity index (χ3v) is 12.6. The first-order chi connectivity index (χ1) is 27.1. The topological polar surface area (TPSA) is 113 Å². The molecule has 4 aromatic rings. The lowest BCUT2D eigenvalue weighted by atomic mass is 9.81. The first-order valence-corrected chi connectivity index (χ1v) is 20.1. The van der Waals surface area contributed by atoms with Crippen molar-refractivity contribution < 1.29 is 18.7 Å². The average molecular weight is 766 g/mol. The molecule has 8 rings (SSSR count). The Hall–Kier alpha value is -4.56.